The molecule has 84 valence electrons. The minimum Gasteiger partial charge on any atom is -0.454 e. The molecule has 1 aromatic carbocycles. The Morgan fingerprint density at radius 2 is 1.88 bits per heavy atom. The summed E-state index contributed by atoms with van der Waals surface area (Å²) in [4.78, 5) is 11.3. The van der Waals surface area contributed by atoms with Gasteiger partial charge in [0.05, 0.1) is 0 Å². The monoisotopic (exact) mass is 216 g/mol. The highest BCUT2D eigenvalue weighted by molar-refractivity contribution is 5.83. The molecule has 0 saturated heterocycles. The highest BCUT2D eigenvalue weighted by Crippen LogP contribution is 2.35. The standard InChI is InChI=1S/C14H16O2/c1-10(2)12-8-9-13(15)16-14(12)11-6-4-3-5-7-11/h3-10,12,14H,1-2H3/t12-,14-/m1/s1. The van der Waals surface area contributed by atoms with E-state index in [0.29, 0.717) is 5.92 Å². The van der Waals surface area contributed by atoms with Gasteiger partial charge in [-0.2, -0.15) is 0 Å². The van der Waals surface area contributed by atoms with Crippen LogP contribution in [0, 0.1) is 11.8 Å². The molecule has 1 aromatic rings. The van der Waals surface area contributed by atoms with E-state index < -0.39 is 0 Å². The summed E-state index contributed by atoms with van der Waals surface area (Å²) in [5, 5.41) is 0. The van der Waals surface area contributed by atoms with Crippen molar-refractivity contribution in [2.45, 2.75) is 20.0 Å². The van der Waals surface area contributed by atoms with E-state index in [9.17, 15) is 4.79 Å². The van der Waals surface area contributed by atoms with Crippen molar-refractivity contribution in [2.24, 2.45) is 11.8 Å². The Morgan fingerprint density at radius 3 is 2.50 bits per heavy atom. The molecule has 0 bridgehead atoms. The van der Waals surface area contributed by atoms with Crippen LogP contribution in [0.1, 0.15) is 25.5 Å². The number of ether oxygens (including phenoxy) is 1. The molecular weight excluding hydrogens is 200 g/mol. The molecule has 0 amide bonds. The Hall–Kier alpha value is -1.57. The highest BCUT2D eigenvalue weighted by atomic mass is 16.5. The molecule has 0 aliphatic carbocycles. The Bertz CT molecular complexity index is 392. The maximum atomic E-state index is 11.3. The lowest BCUT2D eigenvalue weighted by atomic mass is 9.85. The number of carbonyl (C=O) groups excluding carboxylic acids is 1. The summed E-state index contributed by atoms with van der Waals surface area (Å²) in [5.74, 6) is 0.473. The van der Waals surface area contributed by atoms with Crippen molar-refractivity contribution < 1.29 is 9.53 Å². The third-order valence-corrected chi connectivity index (χ3v) is 2.95. The van der Waals surface area contributed by atoms with Crippen molar-refractivity contribution in [3.05, 3.63) is 48.0 Å². The maximum Gasteiger partial charge on any atom is 0.331 e. The molecule has 0 N–H and O–H groups in total. The van der Waals surface area contributed by atoms with Crippen LogP contribution in [-0.2, 0) is 9.53 Å². The van der Waals surface area contributed by atoms with Crippen LogP contribution in [0.4, 0.5) is 0 Å². The van der Waals surface area contributed by atoms with Gasteiger partial charge in [-0.3, -0.25) is 0 Å². The minimum atomic E-state index is -0.245. The fourth-order valence-electron chi connectivity index (χ4n) is 2.04. The molecule has 0 unspecified atom stereocenters. The first-order chi connectivity index (χ1) is 7.68. The first kappa shape index (κ1) is 10.9. The van der Waals surface area contributed by atoms with E-state index in [1.165, 1.54) is 6.08 Å². The molecule has 1 heterocycles. The molecule has 0 fully saturated rings. The Labute approximate surface area is 95.9 Å². The normalized spacial score (nSPS) is 24.6. The lowest BCUT2D eigenvalue weighted by Gasteiger charge is -2.30. The zero-order valence-corrected chi connectivity index (χ0v) is 9.59. The predicted molar refractivity (Wildman–Crippen MR) is 62.7 cm³/mol. The molecule has 2 atom stereocenters. The van der Waals surface area contributed by atoms with E-state index in [1.807, 2.05) is 36.4 Å². The number of hydrogen-bond donors (Lipinski definition) is 0. The number of hydrogen-bond acceptors (Lipinski definition) is 2. The lowest BCUT2D eigenvalue weighted by molar-refractivity contribution is -0.147. The van der Waals surface area contributed by atoms with Crippen LogP contribution in [-0.4, -0.2) is 5.97 Å². The fraction of sp³-hybridized carbons (Fsp3) is 0.357. The largest absolute Gasteiger partial charge is 0.454 e. The average Bonchev–Trinajstić information content (AvgIpc) is 2.29. The molecule has 0 spiro atoms. The van der Waals surface area contributed by atoms with Crippen LogP contribution in [0.2, 0.25) is 0 Å². The zero-order chi connectivity index (χ0) is 11.5. The van der Waals surface area contributed by atoms with E-state index in [2.05, 4.69) is 13.8 Å². The second-order valence-electron chi connectivity index (χ2n) is 4.45. The Kier molecular flexibility index (Phi) is 3.09. The van der Waals surface area contributed by atoms with Gasteiger partial charge in [0.2, 0.25) is 0 Å². The number of benzene rings is 1. The quantitative estimate of drug-likeness (QED) is 0.710. The van der Waals surface area contributed by atoms with Gasteiger partial charge >= 0.3 is 5.97 Å². The van der Waals surface area contributed by atoms with Crippen LogP contribution in [0.25, 0.3) is 0 Å². The van der Waals surface area contributed by atoms with Gasteiger partial charge in [-0.25, -0.2) is 4.79 Å². The molecule has 1 aliphatic heterocycles. The second-order valence-corrected chi connectivity index (χ2v) is 4.45. The molecule has 2 rings (SSSR count). The Balaban J connectivity index is 2.31. The fourth-order valence-corrected chi connectivity index (χ4v) is 2.04. The summed E-state index contributed by atoms with van der Waals surface area (Å²) in [6.45, 7) is 4.29. The van der Waals surface area contributed by atoms with Crippen molar-refractivity contribution in [3.63, 3.8) is 0 Å². The van der Waals surface area contributed by atoms with Crippen molar-refractivity contribution >= 4 is 5.97 Å². The minimum absolute atomic E-state index is 0.140. The van der Waals surface area contributed by atoms with Gasteiger partial charge in [0, 0.05) is 12.0 Å². The van der Waals surface area contributed by atoms with Crippen LogP contribution < -0.4 is 0 Å². The molecule has 16 heavy (non-hydrogen) atoms. The molecule has 0 aromatic heterocycles. The maximum absolute atomic E-state index is 11.3. The lowest BCUT2D eigenvalue weighted by Crippen LogP contribution is -2.25. The van der Waals surface area contributed by atoms with Gasteiger partial charge in [0.1, 0.15) is 6.10 Å². The van der Waals surface area contributed by atoms with E-state index in [-0.39, 0.29) is 18.0 Å². The summed E-state index contributed by atoms with van der Waals surface area (Å²) in [6, 6.07) is 9.92. The molecular formula is C14H16O2. The predicted octanol–water partition coefficient (Wildman–Crippen LogP) is 3.11. The van der Waals surface area contributed by atoms with Gasteiger partial charge in [-0.1, -0.05) is 50.3 Å². The van der Waals surface area contributed by atoms with E-state index in [0.717, 1.165) is 5.56 Å². The van der Waals surface area contributed by atoms with Gasteiger partial charge < -0.3 is 4.74 Å². The van der Waals surface area contributed by atoms with Crippen LogP contribution >= 0.6 is 0 Å². The van der Waals surface area contributed by atoms with Gasteiger partial charge in [-0.15, -0.1) is 0 Å². The summed E-state index contributed by atoms with van der Waals surface area (Å²) in [5.41, 5.74) is 1.07. The third kappa shape index (κ3) is 2.16. The topological polar surface area (TPSA) is 26.3 Å². The zero-order valence-electron chi connectivity index (χ0n) is 9.59. The van der Waals surface area contributed by atoms with Crippen molar-refractivity contribution in [2.75, 3.05) is 0 Å². The summed E-state index contributed by atoms with van der Waals surface area (Å²) in [7, 11) is 0. The van der Waals surface area contributed by atoms with E-state index >= 15 is 0 Å². The molecule has 1 aliphatic rings. The van der Waals surface area contributed by atoms with Crippen LogP contribution in [0.15, 0.2) is 42.5 Å². The molecule has 0 saturated carbocycles. The SMILES string of the molecule is CC(C)[C@H]1C=CC(=O)O[C@@H]1c1ccccc1. The van der Waals surface area contributed by atoms with Crippen molar-refractivity contribution in [1.29, 1.82) is 0 Å². The summed E-state index contributed by atoms with van der Waals surface area (Å²) in [6.07, 6.45) is 3.36. The van der Waals surface area contributed by atoms with Gasteiger partial charge in [0.15, 0.2) is 0 Å². The summed E-state index contributed by atoms with van der Waals surface area (Å²) < 4.78 is 5.42. The molecule has 0 radical (unpaired) electrons. The second kappa shape index (κ2) is 4.52. The van der Waals surface area contributed by atoms with E-state index in [4.69, 9.17) is 4.74 Å². The first-order valence-corrected chi connectivity index (χ1v) is 5.62. The third-order valence-electron chi connectivity index (χ3n) is 2.95. The van der Waals surface area contributed by atoms with Gasteiger partial charge in [0.25, 0.3) is 0 Å². The van der Waals surface area contributed by atoms with Crippen molar-refractivity contribution in [3.8, 4) is 0 Å². The van der Waals surface area contributed by atoms with Gasteiger partial charge in [-0.05, 0) is 11.5 Å². The van der Waals surface area contributed by atoms with Crippen LogP contribution in [0.5, 0.6) is 0 Å². The highest BCUT2D eigenvalue weighted by Gasteiger charge is 2.29. The number of carbonyl (C=O) groups is 1. The molecule has 2 heteroatoms. The number of cyclic esters (lactones) is 1. The molecule has 2 nitrogen and oxygen atoms in total. The van der Waals surface area contributed by atoms with E-state index in [1.54, 1.807) is 0 Å². The first-order valence-electron chi connectivity index (χ1n) is 5.62. The summed E-state index contributed by atoms with van der Waals surface area (Å²) >= 11 is 0. The number of esters is 1. The number of rotatable bonds is 2. The van der Waals surface area contributed by atoms with Crippen LogP contribution in [0.3, 0.4) is 0 Å². The van der Waals surface area contributed by atoms with Crippen molar-refractivity contribution in [1.82, 2.24) is 0 Å². The smallest absolute Gasteiger partial charge is 0.331 e. The Morgan fingerprint density at radius 1 is 1.19 bits per heavy atom. The average molecular weight is 216 g/mol.